The van der Waals surface area contributed by atoms with Gasteiger partial charge in [0.1, 0.15) is 12.4 Å². The van der Waals surface area contributed by atoms with Gasteiger partial charge in [-0.15, -0.1) is 0 Å². The molecule has 2 saturated heterocycles. The minimum Gasteiger partial charge on any atom is -0.447 e. The van der Waals surface area contributed by atoms with Gasteiger partial charge in [0, 0.05) is 32.0 Å². The number of rotatable bonds is 6. The first kappa shape index (κ1) is 19.7. The van der Waals surface area contributed by atoms with Crippen LogP contribution in [0.25, 0.3) is 11.0 Å². The zero-order valence-corrected chi connectivity index (χ0v) is 17.3. The van der Waals surface area contributed by atoms with Crippen LogP contribution < -0.4 is 0 Å². The Morgan fingerprint density at radius 3 is 2.79 bits per heavy atom. The third-order valence-electron chi connectivity index (χ3n) is 6.47. The molecule has 2 amide bonds. The SMILES string of the molecule is CCC(C)C1COC(=O)N1C1CCN(C(=O)CCc2nc3ccccc3[nH]2)CC1. The number of para-hydroxylation sites is 2. The molecule has 0 bridgehead atoms. The number of aryl methyl sites for hydroxylation is 1. The summed E-state index contributed by atoms with van der Waals surface area (Å²) in [6.45, 7) is 6.21. The van der Waals surface area contributed by atoms with Gasteiger partial charge in [-0.3, -0.25) is 9.69 Å². The van der Waals surface area contributed by atoms with Gasteiger partial charge < -0.3 is 14.6 Å². The molecule has 1 N–H and O–H groups in total. The Morgan fingerprint density at radius 1 is 1.31 bits per heavy atom. The molecule has 1 aromatic heterocycles. The van der Waals surface area contributed by atoms with Crippen LogP contribution >= 0.6 is 0 Å². The van der Waals surface area contributed by atoms with E-state index < -0.39 is 0 Å². The van der Waals surface area contributed by atoms with Gasteiger partial charge in [0.25, 0.3) is 0 Å². The second-order valence-electron chi connectivity index (χ2n) is 8.25. The Morgan fingerprint density at radius 2 is 2.07 bits per heavy atom. The van der Waals surface area contributed by atoms with Crippen molar-refractivity contribution >= 4 is 23.0 Å². The van der Waals surface area contributed by atoms with E-state index in [2.05, 4.69) is 23.8 Å². The van der Waals surface area contributed by atoms with Crippen LogP contribution in [0, 0.1) is 5.92 Å². The fourth-order valence-electron chi connectivity index (χ4n) is 4.48. The lowest BCUT2D eigenvalue weighted by molar-refractivity contribution is -0.132. The Hall–Kier alpha value is -2.57. The number of cyclic esters (lactones) is 1. The topological polar surface area (TPSA) is 78.5 Å². The third kappa shape index (κ3) is 4.09. The van der Waals surface area contributed by atoms with Gasteiger partial charge >= 0.3 is 6.09 Å². The number of aromatic nitrogens is 2. The Balaban J connectivity index is 1.29. The predicted octanol–water partition coefficient (Wildman–Crippen LogP) is 3.35. The van der Waals surface area contributed by atoms with E-state index in [-0.39, 0.29) is 24.1 Å². The average Bonchev–Trinajstić information content (AvgIpc) is 3.34. The van der Waals surface area contributed by atoms with Crippen LogP contribution in [0.2, 0.25) is 0 Å². The highest BCUT2D eigenvalue weighted by molar-refractivity contribution is 5.77. The monoisotopic (exact) mass is 398 g/mol. The number of carbonyl (C=O) groups excluding carboxylic acids is 2. The lowest BCUT2D eigenvalue weighted by Gasteiger charge is -2.39. The molecule has 2 unspecified atom stereocenters. The number of fused-ring (bicyclic) bond motifs is 1. The number of likely N-dealkylation sites (tertiary alicyclic amines) is 1. The number of amides is 2. The Labute approximate surface area is 171 Å². The van der Waals surface area contributed by atoms with E-state index >= 15 is 0 Å². The summed E-state index contributed by atoms with van der Waals surface area (Å²) in [5, 5.41) is 0. The molecule has 2 atom stereocenters. The number of imidazole rings is 1. The largest absolute Gasteiger partial charge is 0.447 e. The average molecular weight is 399 g/mol. The minimum atomic E-state index is -0.190. The number of ether oxygens (including phenoxy) is 1. The van der Waals surface area contributed by atoms with Crippen LogP contribution in [0.5, 0.6) is 0 Å². The first-order valence-electron chi connectivity index (χ1n) is 10.7. The molecular weight excluding hydrogens is 368 g/mol. The van der Waals surface area contributed by atoms with Crippen LogP contribution in [-0.2, 0) is 16.0 Å². The summed E-state index contributed by atoms with van der Waals surface area (Å²) in [6.07, 6.45) is 3.53. The summed E-state index contributed by atoms with van der Waals surface area (Å²) in [6, 6.07) is 8.23. The van der Waals surface area contributed by atoms with Gasteiger partial charge in [0.05, 0.1) is 17.1 Å². The first-order valence-corrected chi connectivity index (χ1v) is 10.7. The summed E-state index contributed by atoms with van der Waals surface area (Å²) in [5.74, 6) is 1.43. The number of nitrogens with one attached hydrogen (secondary N) is 1. The minimum absolute atomic E-state index is 0.159. The first-order chi connectivity index (χ1) is 14.1. The number of hydrogen-bond acceptors (Lipinski definition) is 4. The van der Waals surface area contributed by atoms with Crippen LogP contribution in [0.3, 0.4) is 0 Å². The number of piperidine rings is 1. The molecule has 3 heterocycles. The lowest BCUT2D eigenvalue weighted by atomic mass is 9.95. The van der Waals surface area contributed by atoms with Crippen molar-refractivity contribution in [3.8, 4) is 0 Å². The molecule has 29 heavy (non-hydrogen) atoms. The number of nitrogens with zero attached hydrogens (tertiary/aromatic N) is 3. The molecule has 156 valence electrons. The quantitative estimate of drug-likeness (QED) is 0.809. The maximum absolute atomic E-state index is 12.7. The maximum atomic E-state index is 12.7. The van der Waals surface area contributed by atoms with Gasteiger partial charge in [-0.2, -0.15) is 0 Å². The summed E-state index contributed by atoms with van der Waals surface area (Å²) < 4.78 is 5.34. The molecule has 4 rings (SSSR count). The number of hydrogen-bond donors (Lipinski definition) is 1. The molecule has 7 nitrogen and oxygen atoms in total. The van der Waals surface area contributed by atoms with Crippen molar-refractivity contribution in [3.05, 3.63) is 30.1 Å². The van der Waals surface area contributed by atoms with E-state index in [1.54, 1.807) is 0 Å². The molecule has 0 radical (unpaired) electrons. The highest BCUT2D eigenvalue weighted by Gasteiger charge is 2.41. The Kier molecular flexibility index (Phi) is 5.74. The van der Waals surface area contributed by atoms with Gasteiger partial charge in [0.2, 0.25) is 5.91 Å². The van der Waals surface area contributed by atoms with Crippen molar-refractivity contribution in [2.75, 3.05) is 19.7 Å². The molecule has 2 aromatic rings. The molecule has 1 aromatic carbocycles. The van der Waals surface area contributed by atoms with Crippen LogP contribution in [0.4, 0.5) is 4.79 Å². The van der Waals surface area contributed by atoms with E-state index in [4.69, 9.17) is 4.74 Å². The van der Waals surface area contributed by atoms with Gasteiger partial charge in [0.15, 0.2) is 0 Å². The Bertz CT molecular complexity index is 839. The fourth-order valence-corrected chi connectivity index (χ4v) is 4.48. The fraction of sp³-hybridized carbons (Fsp3) is 0.591. The van der Waals surface area contributed by atoms with E-state index in [0.717, 1.165) is 36.1 Å². The third-order valence-corrected chi connectivity index (χ3v) is 6.47. The summed E-state index contributed by atoms with van der Waals surface area (Å²) in [7, 11) is 0. The number of H-pyrrole nitrogens is 1. The highest BCUT2D eigenvalue weighted by atomic mass is 16.6. The van der Waals surface area contributed by atoms with Crippen molar-refractivity contribution in [3.63, 3.8) is 0 Å². The number of aromatic amines is 1. The molecular formula is C22H30N4O3. The molecule has 7 heteroatoms. The highest BCUT2D eigenvalue weighted by Crippen LogP contribution is 2.29. The van der Waals surface area contributed by atoms with Crippen molar-refractivity contribution < 1.29 is 14.3 Å². The molecule has 0 aliphatic carbocycles. The molecule has 2 aliphatic rings. The normalized spacial score (nSPS) is 21.6. The van der Waals surface area contributed by atoms with E-state index in [1.807, 2.05) is 34.1 Å². The molecule has 0 saturated carbocycles. The van der Waals surface area contributed by atoms with E-state index in [1.165, 1.54) is 0 Å². The van der Waals surface area contributed by atoms with Crippen LogP contribution in [0.15, 0.2) is 24.3 Å². The van der Waals surface area contributed by atoms with Gasteiger partial charge in [-0.25, -0.2) is 9.78 Å². The van der Waals surface area contributed by atoms with Crippen molar-refractivity contribution in [2.24, 2.45) is 5.92 Å². The van der Waals surface area contributed by atoms with Crippen LogP contribution in [0.1, 0.15) is 45.4 Å². The zero-order chi connectivity index (χ0) is 20.4. The smallest absolute Gasteiger partial charge is 0.410 e. The van der Waals surface area contributed by atoms with Gasteiger partial charge in [-0.05, 0) is 30.9 Å². The lowest BCUT2D eigenvalue weighted by Crippen LogP contribution is -2.51. The van der Waals surface area contributed by atoms with Crippen molar-refractivity contribution in [2.45, 2.75) is 58.0 Å². The molecule has 2 fully saturated rings. The van der Waals surface area contributed by atoms with Gasteiger partial charge in [-0.1, -0.05) is 32.4 Å². The molecule has 2 aliphatic heterocycles. The number of benzene rings is 1. The second-order valence-corrected chi connectivity index (χ2v) is 8.25. The van der Waals surface area contributed by atoms with E-state index in [9.17, 15) is 9.59 Å². The summed E-state index contributed by atoms with van der Waals surface area (Å²) >= 11 is 0. The van der Waals surface area contributed by atoms with Crippen molar-refractivity contribution in [1.82, 2.24) is 19.8 Å². The van der Waals surface area contributed by atoms with E-state index in [0.29, 0.717) is 38.5 Å². The predicted molar refractivity (Wildman–Crippen MR) is 110 cm³/mol. The summed E-state index contributed by atoms with van der Waals surface area (Å²) in [5.41, 5.74) is 1.94. The van der Waals surface area contributed by atoms with Crippen LogP contribution in [-0.4, -0.2) is 63.5 Å². The maximum Gasteiger partial charge on any atom is 0.410 e. The second kappa shape index (κ2) is 8.43. The van der Waals surface area contributed by atoms with Crippen molar-refractivity contribution in [1.29, 1.82) is 0 Å². The summed E-state index contributed by atoms with van der Waals surface area (Å²) in [4.78, 5) is 36.7. The molecule has 0 spiro atoms. The standard InChI is InChI=1S/C22H30N4O3/c1-3-15(2)19-14-29-22(28)26(19)16-10-12-25(13-11-16)21(27)9-8-20-23-17-6-4-5-7-18(17)24-20/h4-7,15-16,19H,3,8-14H2,1-2H3,(H,23,24). The number of carbonyl (C=O) groups is 2. The zero-order valence-electron chi connectivity index (χ0n) is 17.3.